The molecule has 5 heteroatoms. The van der Waals surface area contributed by atoms with Gasteiger partial charge in [0.1, 0.15) is 11.6 Å². The molecule has 1 aliphatic heterocycles. The Hall–Kier alpha value is -2.82. The molecule has 0 aromatic heterocycles. The van der Waals surface area contributed by atoms with Gasteiger partial charge < -0.3 is 14.5 Å². The molecule has 0 aliphatic carbocycles. The van der Waals surface area contributed by atoms with Crippen LogP contribution in [0.5, 0.6) is 5.75 Å². The molecule has 0 atom stereocenters. The van der Waals surface area contributed by atoms with Crippen LogP contribution in [0.1, 0.15) is 5.56 Å². The lowest BCUT2D eigenvalue weighted by Gasteiger charge is -2.35. The first-order valence-electron chi connectivity index (χ1n) is 8.28. The maximum Gasteiger partial charge on any atom is 0.246 e. The average molecular weight is 340 g/mol. The van der Waals surface area contributed by atoms with E-state index in [2.05, 4.69) is 4.90 Å². The van der Waals surface area contributed by atoms with Crippen LogP contribution in [0.2, 0.25) is 0 Å². The highest BCUT2D eigenvalue weighted by Gasteiger charge is 2.20. The van der Waals surface area contributed by atoms with Crippen LogP contribution in [0.3, 0.4) is 0 Å². The van der Waals surface area contributed by atoms with Crippen molar-refractivity contribution in [2.24, 2.45) is 0 Å². The van der Waals surface area contributed by atoms with Crippen LogP contribution < -0.4 is 9.64 Å². The third kappa shape index (κ3) is 4.18. The van der Waals surface area contributed by atoms with Gasteiger partial charge in [0.2, 0.25) is 5.91 Å². The molecule has 0 bridgehead atoms. The standard InChI is InChI=1S/C20H21FN2O2/c1-25-18-7-4-6-17(15-18)22-11-13-23(14-12-22)20(24)10-9-16-5-2-3-8-19(16)21/h2-10,15H,11-14H2,1H3. The van der Waals surface area contributed by atoms with Crippen molar-refractivity contribution < 1.29 is 13.9 Å². The van der Waals surface area contributed by atoms with E-state index in [1.54, 1.807) is 30.2 Å². The molecule has 4 nitrogen and oxygen atoms in total. The second-order valence-electron chi connectivity index (χ2n) is 5.87. The summed E-state index contributed by atoms with van der Waals surface area (Å²) in [6.07, 6.45) is 2.98. The number of carbonyl (C=O) groups is 1. The molecule has 2 aromatic rings. The predicted octanol–water partition coefficient (Wildman–Crippen LogP) is 3.20. The molecule has 0 N–H and O–H groups in total. The van der Waals surface area contributed by atoms with Gasteiger partial charge in [0.25, 0.3) is 0 Å². The highest BCUT2D eigenvalue weighted by Crippen LogP contribution is 2.22. The quantitative estimate of drug-likeness (QED) is 0.802. The number of amides is 1. The minimum Gasteiger partial charge on any atom is -0.497 e. The molecule has 0 saturated carbocycles. The first-order chi connectivity index (χ1) is 12.2. The van der Waals surface area contributed by atoms with E-state index in [1.807, 2.05) is 24.3 Å². The third-order valence-corrected chi connectivity index (χ3v) is 4.32. The van der Waals surface area contributed by atoms with Crippen LogP contribution in [0, 0.1) is 5.82 Å². The normalized spacial score (nSPS) is 14.8. The third-order valence-electron chi connectivity index (χ3n) is 4.32. The molecule has 3 rings (SSSR count). The number of halogens is 1. The monoisotopic (exact) mass is 340 g/mol. The molecule has 130 valence electrons. The van der Waals surface area contributed by atoms with Crippen molar-refractivity contribution in [2.75, 3.05) is 38.2 Å². The first kappa shape index (κ1) is 17.0. The Bertz CT molecular complexity index is 768. The number of methoxy groups -OCH3 is 1. The Labute approximate surface area is 147 Å². The van der Waals surface area contributed by atoms with E-state index in [4.69, 9.17) is 4.74 Å². The van der Waals surface area contributed by atoms with Crippen molar-refractivity contribution in [2.45, 2.75) is 0 Å². The van der Waals surface area contributed by atoms with Gasteiger partial charge in [0.05, 0.1) is 7.11 Å². The fourth-order valence-electron chi connectivity index (χ4n) is 2.87. The minimum absolute atomic E-state index is 0.0893. The van der Waals surface area contributed by atoms with Crippen LogP contribution in [-0.2, 0) is 4.79 Å². The molecular formula is C20H21FN2O2. The van der Waals surface area contributed by atoms with Crippen molar-refractivity contribution in [3.8, 4) is 5.75 Å². The summed E-state index contributed by atoms with van der Waals surface area (Å²) in [5.74, 6) is 0.409. The zero-order valence-corrected chi connectivity index (χ0v) is 14.2. The van der Waals surface area contributed by atoms with Gasteiger partial charge in [-0.2, -0.15) is 0 Å². The second kappa shape index (κ2) is 7.83. The van der Waals surface area contributed by atoms with Crippen LogP contribution >= 0.6 is 0 Å². The van der Waals surface area contributed by atoms with Gasteiger partial charge in [0.15, 0.2) is 0 Å². The van der Waals surface area contributed by atoms with Gasteiger partial charge in [-0.05, 0) is 24.3 Å². The van der Waals surface area contributed by atoms with E-state index < -0.39 is 0 Å². The fraction of sp³-hybridized carbons (Fsp3) is 0.250. The number of anilines is 1. The van der Waals surface area contributed by atoms with E-state index in [9.17, 15) is 9.18 Å². The predicted molar refractivity (Wildman–Crippen MR) is 97.2 cm³/mol. The lowest BCUT2D eigenvalue weighted by atomic mass is 10.2. The molecular weight excluding hydrogens is 319 g/mol. The summed E-state index contributed by atoms with van der Waals surface area (Å²) in [7, 11) is 1.65. The largest absolute Gasteiger partial charge is 0.497 e. The lowest BCUT2D eigenvalue weighted by molar-refractivity contribution is -0.126. The summed E-state index contributed by atoms with van der Waals surface area (Å²) in [4.78, 5) is 16.3. The molecule has 0 spiro atoms. The van der Waals surface area contributed by atoms with Gasteiger partial charge in [-0.25, -0.2) is 4.39 Å². The summed E-state index contributed by atoms with van der Waals surface area (Å²) < 4.78 is 18.8. The van der Waals surface area contributed by atoms with E-state index >= 15 is 0 Å². The summed E-state index contributed by atoms with van der Waals surface area (Å²) in [6.45, 7) is 2.79. The number of benzene rings is 2. The van der Waals surface area contributed by atoms with Crippen molar-refractivity contribution in [1.82, 2.24) is 4.90 Å². The van der Waals surface area contributed by atoms with Crippen LogP contribution in [0.15, 0.2) is 54.6 Å². The number of ether oxygens (including phenoxy) is 1. The van der Waals surface area contributed by atoms with Crippen LogP contribution in [-0.4, -0.2) is 44.1 Å². The van der Waals surface area contributed by atoms with Gasteiger partial charge in [-0.15, -0.1) is 0 Å². The van der Waals surface area contributed by atoms with Crippen molar-refractivity contribution in [3.63, 3.8) is 0 Å². The SMILES string of the molecule is COc1cccc(N2CCN(C(=O)C=Cc3ccccc3F)CC2)c1. The second-order valence-corrected chi connectivity index (χ2v) is 5.87. The van der Waals surface area contributed by atoms with E-state index in [0.29, 0.717) is 18.7 Å². The van der Waals surface area contributed by atoms with Crippen LogP contribution in [0.4, 0.5) is 10.1 Å². The number of hydrogen-bond donors (Lipinski definition) is 0. The molecule has 25 heavy (non-hydrogen) atoms. The highest BCUT2D eigenvalue weighted by atomic mass is 19.1. The highest BCUT2D eigenvalue weighted by molar-refractivity contribution is 5.92. The lowest BCUT2D eigenvalue weighted by Crippen LogP contribution is -2.48. The molecule has 0 unspecified atom stereocenters. The summed E-state index contributed by atoms with van der Waals surface area (Å²) in [6, 6.07) is 14.3. The topological polar surface area (TPSA) is 32.8 Å². The number of nitrogens with zero attached hydrogens (tertiary/aromatic N) is 2. The zero-order chi connectivity index (χ0) is 17.6. The number of carbonyl (C=O) groups excluding carboxylic acids is 1. The van der Waals surface area contributed by atoms with Gasteiger partial charge in [-0.1, -0.05) is 24.3 Å². The fourth-order valence-corrected chi connectivity index (χ4v) is 2.87. The van der Waals surface area contributed by atoms with Crippen molar-refractivity contribution >= 4 is 17.7 Å². The molecule has 1 amide bonds. The maximum absolute atomic E-state index is 13.6. The average Bonchev–Trinajstić information content (AvgIpc) is 2.67. The van der Waals surface area contributed by atoms with Crippen molar-refractivity contribution in [3.05, 3.63) is 66.0 Å². The Morgan fingerprint density at radius 2 is 1.84 bits per heavy atom. The summed E-state index contributed by atoms with van der Waals surface area (Å²) in [5.41, 5.74) is 1.51. The molecule has 1 heterocycles. The molecule has 1 saturated heterocycles. The minimum atomic E-state index is -0.325. The maximum atomic E-state index is 13.6. The molecule has 0 radical (unpaired) electrons. The van der Waals surface area contributed by atoms with E-state index in [0.717, 1.165) is 24.5 Å². The Balaban J connectivity index is 1.58. The Morgan fingerprint density at radius 1 is 1.08 bits per heavy atom. The van der Waals surface area contributed by atoms with Gasteiger partial charge in [-0.3, -0.25) is 4.79 Å². The number of piperazine rings is 1. The Kier molecular flexibility index (Phi) is 5.33. The molecule has 1 aliphatic rings. The smallest absolute Gasteiger partial charge is 0.246 e. The van der Waals surface area contributed by atoms with Gasteiger partial charge in [0, 0.05) is 49.6 Å². The summed E-state index contributed by atoms with van der Waals surface area (Å²) >= 11 is 0. The van der Waals surface area contributed by atoms with Crippen molar-refractivity contribution in [1.29, 1.82) is 0 Å². The van der Waals surface area contributed by atoms with E-state index in [-0.39, 0.29) is 11.7 Å². The van der Waals surface area contributed by atoms with E-state index in [1.165, 1.54) is 18.2 Å². The molecule has 1 fully saturated rings. The number of hydrogen-bond acceptors (Lipinski definition) is 3. The molecule has 2 aromatic carbocycles. The van der Waals surface area contributed by atoms with Gasteiger partial charge >= 0.3 is 0 Å². The number of rotatable bonds is 4. The Morgan fingerprint density at radius 3 is 2.56 bits per heavy atom. The zero-order valence-electron chi connectivity index (χ0n) is 14.2. The first-order valence-corrected chi connectivity index (χ1v) is 8.28. The van der Waals surface area contributed by atoms with Crippen LogP contribution in [0.25, 0.3) is 6.08 Å². The summed E-state index contributed by atoms with van der Waals surface area (Å²) in [5, 5.41) is 0.